The highest BCUT2D eigenvalue weighted by atomic mass is 16.5. The summed E-state index contributed by atoms with van der Waals surface area (Å²) in [6.45, 7) is 0. The molecule has 3 aromatic rings. The Morgan fingerprint density at radius 2 is 1.92 bits per heavy atom. The lowest BCUT2D eigenvalue weighted by molar-refractivity contribution is 0.102. The molecule has 3 rings (SSSR count). The van der Waals surface area contributed by atoms with Gasteiger partial charge in [-0.25, -0.2) is 4.98 Å². The molecule has 122 valence electrons. The standard InChI is InChI=1S/C17H15N3O4/c1-23-14-7-16-18-13(8-20(16)9-15(14)24-2)17(22)19-12-6-4-3-5-11(12)10-21/h3-10H,1-2H3,(H,19,22). The average molecular weight is 325 g/mol. The molecular formula is C17H15N3O4. The van der Waals surface area contributed by atoms with Crippen LogP contribution in [0.5, 0.6) is 11.5 Å². The number of carbonyl (C=O) groups excluding carboxylic acids is 2. The van der Waals surface area contributed by atoms with E-state index in [1.54, 1.807) is 47.1 Å². The number of aromatic nitrogens is 2. The Morgan fingerprint density at radius 3 is 2.62 bits per heavy atom. The summed E-state index contributed by atoms with van der Waals surface area (Å²) in [7, 11) is 3.06. The monoisotopic (exact) mass is 325 g/mol. The molecule has 0 unspecified atom stereocenters. The van der Waals surface area contributed by atoms with Crippen LogP contribution >= 0.6 is 0 Å². The zero-order valence-corrected chi connectivity index (χ0v) is 13.1. The van der Waals surface area contributed by atoms with Crippen LogP contribution in [0.3, 0.4) is 0 Å². The third kappa shape index (κ3) is 2.79. The van der Waals surface area contributed by atoms with E-state index in [4.69, 9.17) is 9.47 Å². The second-order valence-corrected chi connectivity index (χ2v) is 4.96. The van der Waals surface area contributed by atoms with Gasteiger partial charge in [-0.1, -0.05) is 12.1 Å². The van der Waals surface area contributed by atoms with Crippen molar-refractivity contribution in [2.24, 2.45) is 0 Å². The number of nitrogens with one attached hydrogen (secondary N) is 1. The van der Waals surface area contributed by atoms with Gasteiger partial charge in [0.05, 0.1) is 26.1 Å². The van der Waals surface area contributed by atoms with E-state index in [0.717, 1.165) is 0 Å². The van der Waals surface area contributed by atoms with Crippen molar-refractivity contribution in [1.29, 1.82) is 0 Å². The van der Waals surface area contributed by atoms with Crippen LogP contribution in [0.15, 0.2) is 42.7 Å². The first kappa shape index (κ1) is 15.5. The Hall–Kier alpha value is -3.35. The van der Waals surface area contributed by atoms with Crippen LogP contribution in [0.2, 0.25) is 0 Å². The molecule has 0 spiro atoms. The summed E-state index contributed by atoms with van der Waals surface area (Å²) < 4.78 is 12.1. The van der Waals surface area contributed by atoms with Gasteiger partial charge < -0.3 is 19.2 Å². The maximum absolute atomic E-state index is 12.4. The molecule has 7 heteroatoms. The fourth-order valence-electron chi connectivity index (χ4n) is 2.32. The van der Waals surface area contributed by atoms with Crippen molar-refractivity contribution in [1.82, 2.24) is 9.38 Å². The Morgan fingerprint density at radius 1 is 1.17 bits per heavy atom. The van der Waals surface area contributed by atoms with Crippen molar-refractivity contribution in [2.75, 3.05) is 19.5 Å². The van der Waals surface area contributed by atoms with Crippen molar-refractivity contribution in [3.8, 4) is 11.5 Å². The van der Waals surface area contributed by atoms with Gasteiger partial charge in [0.2, 0.25) is 0 Å². The highest BCUT2D eigenvalue weighted by Crippen LogP contribution is 2.28. The molecule has 0 bridgehead atoms. The van der Waals surface area contributed by atoms with Crippen LogP contribution in [0, 0.1) is 0 Å². The van der Waals surface area contributed by atoms with Crippen LogP contribution in [0.25, 0.3) is 5.65 Å². The van der Waals surface area contributed by atoms with Gasteiger partial charge in [-0.15, -0.1) is 0 Å². The van der Waals surface area contributed by atoms with Gasteiger partial charge >= 0.3 is 0 Å². The highest BCUT2D eigenvalue weighted by molar-refractivity contribution is 6.05. The lowest BCUT2D eigenvalue weighted by Crippen LogP contribution is -2.13. The number of rotatable bonds is 5. The molecule has 0 aliphatic rings. The Bertz CT molecular complexity index is 876. The van der Waals surface area contributed by atoms with Crippen molar-refractivity contribution in [3.63, 3.8) is 0 Å². The van der Waals surface area contributed by atoms with Crippen molar-refractivity contribution >= 4 is 23.5 Å². The topological polar surface area (TPSA) is 81.9 Å². The number of para-hydroxylation sites is 1. The predicted molar refractivity (Wildman–Crippen MR) is 88.1 cm³/mol. The van der Waals surface area contributed by atoms with E-state index in [-0.39, 0.29) is 5.69 Å². The first-order chi connectivity index (χ1) is 11.7. The van der Waals surface area contributed by atoms with E-state index in [9.17, 15) is 9.59 Å². The molecule has 2 aromatic heterocycles. The lowest BCUT2D eigenvalue weighted by Gasteiger charge is -2.06. The number of amides is 1. The molecule has 0 fully saturated rings. The Kier molecular flexibility index (Phi) is 4.15. The van der Waals surface area contributed by atoms with Crippen LogP contribution in [-0.4, -0.2) is 35.8 Å². The molecule has 1 amide bonds. The van der Waals surface area contributed by atoms with Gasteiger partial charge in [0.15, 0.2) is 17.8 Å². The first-order valence-electron chi connectivity index (χ1n) is 7.12. The number of hydrogen-bond acceptors (Lipinski definition) is 5. The third-order valence-corrected chi connectivity index (χ3v) is 3.53. The fourth-order valence-corrected chi connectivity index (χ4v) is 2.32. The van der Waals surface area contributed by atoms with Crippen molar-refractivity contribution < 1.29 is 19.1 Å². The number of aldehydes is 1. The van der Waals surface area contributed by atoms with Crippen LogP contribution in [0.4, 0.5) is 5.69 Å². The predicted octanol–water partition coefficient (Wildman–Crippen LogP) is 2.42. The summed E-state index contributed by atoms with van der Waals surface area (Å²) in [6.07, 6.45) is 3.95. The number of benzene rings is 1. The molecule has 0 saturated carbocycles. The van der Waals surface area contributed by atoms with Crippen LogP contribution in [0.1, 0.15) is 20.8 Å². The van der Waals surface area contributed by atoms with Gasteiger partial charge in [0, 0.05) is 17.8 Å². The maximum Gasteiger partial charge on any atom is 0.275 e. The lowest BCUT2D eigenvalue weighted by atomic mass is 10.2. The molecule has 0 aliphatic carbocycles. The number of anilines is 1. The van der Waals surface area contributed by atoms with E-state index < -0.39 is 5.91 Å². The molecule has 1 N–H and O–H groups in total. The average Bonchev–Trinajstić information content (AvgIpc) is 3.03. The number of methoxy groups -OCH3 is 2. The highest BCUT2D eigenvalue weighted by Gasteiger charge is 2.15. The zero-order valence-electron chi connectivity index (χ0n) is 13.1. The molecule has 7 nitrogen and oxygen atoms in total. The third-order valence-electron chi connectivity index (χ3n) is 3.53. The summed E-state index contributed by atoms with van der Waals surface area (Å²) in [5, 5.41) is 2.69. The van der Waals surface area contributed by atoms with E-state index in [0.29, 0.717) is 34.7 Å². The zero-order chi connectivity index (χ0) is 17.1. The molecule has 0 saturated heterocycles. The number of carbonyl (C=O) groups is 2. The minimum atomic E-state index is -0.411. The Labute approximate surface area is 137 Å². The maximum atomic E-state index is 12.4. The van der Waals surface area contributed by atoms with Gasteiger partial charge in [-0.2, -0.15) is 0 Å². The summed E-state index contributed by atoms with van der Waals surface area (Å²) >= 11 is 0. The molecular weight excluding hydrogens is 310 g/mol. The molecule has 0 radical (unpaired) electrons. The van der Waals surface area contributed by atoms with E-state index in [1.165, 1.54) is 14.2 Å². The van der Waals surface area contributed by atoms with E-state index >= 15 is 0 Å². The van der Waals surface area contributed by atoms with Gasteiger partial charge in [-0.05, 0) is 12.1 Å². The van der Waals surface area contributed by atoms with Gasteiger partial charge in [0.25, 0.3) is 5.91 Å². The molecule has 0 aliphatic heterocycles. The SMILES string of the molecule is COc1cc2nc(C(=O)Nc3ccccc3C=O)cn2cc1OC. The number of nitrogens with zero attached hydrogens (tertiary/aromatic N) is 2. The minimum absolute atomic E-state index is 0.214. The molecule has 24 heavy (non-hydrogen) atoms. The smallest absolute Gasteiger partial charge is 0.275 e. The van der Waals surface area contributed by atoms with Gasteiger partial charge in [0.1, 0.15) is 11.3 Å². The summed E-state index contributed by atoms with van der Waals surface area (Å²) in [6, 6.07) is 8.42. The second kappa shape index (κ2) is 6.41. The molecule has 1 aromatic carbocycles. The van der Waals surface area contributed by atoms with E-state index in [1.807, 2.05) is 0 Å². The second-order valence-electron chi connectivity index (χ2n) is 4.96. The fraction of sp³-hybridized carbons (Fsp3) is 0.118. The summed E-state index contributed by atoms with van der Waals surface area (Å²) in [4.78, 5) is 27.7. The minimum Gasteiger partial charge on any atom is -0.493 e. The van der Waals surface area contributed by atoms with E-state index in [2.05, 4.69) is 10.3 Å². The number of pyridine rings is 1. The Balaban J connectivity index is 1.94. The summed E-state index contributed by atoms with van der Waals surface area (Å²) in [5.74, 6) is 0.639. The summed E-state index contributed by atoms with van der Waals surface area (Å²) in [5.41, 5.74) is 1.59. The van der Waals surface area contributed by atoms with Crippen molar-refractivity contribution in [3.05, 3.63) is 54.0 Å². The quantitative estimate of drug-likeness (QED) is 0.729. The normalized spacial score (nSPS) is 10.4. The largest absolute Gasteiger partial charge is 0.493 e. The number of imidazole rings is 1. The van der Waals surface area contributed by atoms with Crippen molar-refractivity contribution in [2.45, 2.75) is 0 Å². The molecule has 0 atom stereocenters. The number of fused-ring (bicyclic) bond motifs is 1. The number of hydrogen-bond donors (Lipinski definition) is 1. The number of ether oxygens (including phenoxy) is 2. The van der Waals surface area contributed by atoms with Gasteiger partial charge in [-0.3, -0.25) is 9.59 Å². The first-order valence-corrected chi connectivity index (χ1v) is 7.12. The van der Waals surface area contributed by atoms with Crippen LogP contribution in [-0.2, 0) is 0 Å². The van der Waals surface area contributed by atoms with Crippen LogP contribution < -0.4 is 14.8 Å². The molecule has 2 heterocycles.